The summed E-state index contributed by atoms with van der Waals surface area (Å²) in [4.78, 5) is 29.1. The zero-order chi connectivity index (χ0) is 23.7. The normalized spacial score (nSPS) is 14.0. The number of nitrogens with two attached hydrogens (primary N) is 1. The van der Waals surface area contributed by atoms with Crippen molar-refractivity contribution in [1.29, 1.82) is 5.41 Å². The Hall–Kier alpha value is -4.20. The van der Waals surface area contributed by atoms with Crippen LogP contribution in [0.15, 0.2) is 54.9 Å². The molecule has 1 saturated carbocycles. The quantitative estimate of drug-likeness (QED) is 0.348. The Morgan fingerprint density at radius 1 is 1.03 bits per heavy atom. The molecule has 8 heteroatoms. The van der Waals surface area contributed by atoms with Gasteiger partial charge in [0.1, 0.15) is 5.71 Å². The van der Waals surface area contributed by atoms with Crippen LogP contribution < -0.4 is 20.5 Å². The lowest BCUT2D eigenvalue weighted by Gasteiger charge is -2.11. The van der Waals surface area contributed by atoms with Gasteiger partial charge in [0.15, 0.2) is 17.3 Å². The molecule has 3 aromatic rings. The van der Waals surface area contributed by atoms with Crippen molar-refractivity contribution < 1.29 is 19.1 Å². The summed E-state index contributed by atoms with van der Waals surface area (Å²) >= 11 is 0. The molecule has 0 bridgehead atoms. The van der Waals surface area contributed by atoms with Gasteiger partial charge in [-0.15, -0.1) is 0 Å². The van der Waals surface area contributed by atoms with Gasteiger partial charge in [-0.05, 0) is 60.7 Å². The molecule has 2 aliphatic rings. The van der Waals surface area contributed by atoms with Crippen molar-refractivity contribution in [1.82, 2.24) is 4.98 Å². The molecule has 4 N–H and O–H groups in total. The molecule has 2 heterocycles. The van der Waals surface area contributed by atoms with E-state index in [0.29, 0.717) is 34.9 Å². The monoisotopic (exact) mass is 456 g/mol. The van der Waals surface area contributed by atoms with Gasteiger partial charge in [0.2, 0.25) is 12.7 Å². The van der Waals surface area contributed by atoms with Gasteiger partial charge in [-0.1, -0.05) is 12.1 Å². The fourth-order valence-corrected chi connectivity index (χ4v) is 3.84. The van der Waals surface area contributed by atoms with Crippen LogP contribution >= 0.6 is 0 Å². The van der Waals surface area contributed by atoms with Crippen LogP contribution in [0.4, 0.5) is 11.4 Å². The lowest BCUT2D eigenvalue weighted by atomic mass is 9.96. The van der Waals surface area contributed by atoms with Crippen LogP contribution in [0.1, 0.15) is 30.4 Å². The first-order valence-corrected chi connectivity index (χ1v) is 11.1. The van der Waals surface area contributed by atoms with Crippen LogP contribution in [-0.2, 0) is 16.0 Å². The van der Waals surface area contributed by atoms with E-state index >= 15 is 0 Å². The molecule has 0 radical (unpaired) electrons. The Balaban J connectivity index is 1.29. The van der Waals surface area contributed by atoms with Gasteiger partial charge in [-0.3, -0.25) is 20.0 Å². The Kier molecular flexibility index (Phi) is 5.71. The highest BCUT2D eigenvalue weighted by molar-refractivity contribution is 6.46. The molecule has 2 aromatic carbocycles. The van der Waals surface area contributed by atoms with Crippen LogP contribution in [-0.4, -0.2) is 29.2 Å². The van der Waals surface area contributed by atoms with Gasteiger partial charge in [0.05, 0.1) is 11.9 Å². The number of nitrogens with zero attached hydrogens (tertiary/aromatic N) is 1. The smallest absolute Gasteiger partial charge is 0.231 e. The second-order valence-corrected chi connectivity index (χ2v) is 8.51. The van der Waals surface area contributed by atoms with Gasteiger partial charge < -0.3 is 20.5 Å². The van der Waals surface area contributed by atoms with Gasteiger partial charge >= 0.3 is 0 Å². The summed E-state index contributed by atoms with van der Waals surface area (Å²) in [5, 5.41) is 11.4. The van der Waals surface area contributed by atoms with E-state index in [1.54, 1.807) is 24.5 Å². The Labute approximate surface area is 196 Å². The van der Waals surface area contributed by atoms with E-state index in [1.807, 2.05) is 30.3 Å². The lowest BCUT2D eigenvalue weighted by molar-refractivity contribution is -0.117. The van der Waals surface area contributed by atoms with Crippen molar-refractivity contribution in [2.24, 2.45) is 5.92 Å². The van der Waals surface area contributed by atoms with Crippen molar-refractivity contribution in [2.45, 2.75) is 25.7 Å². The first kappa shape index (κ1) is 21.6. The summed E-state index contributed by atoms with van der Waals surface area (Å²) in [6, 6.07) is 12.6. The number of ketones is 1. The van der Waals surface area contributed by atoms with E-state index in [4.69, 9.17) is 20.6 Å². The first-order chi connectivity index (χ1) is 16.5. The SMILES string of the molecule is N=C(C(=O)CCc1ccc2c(c1)OCO2)c1cc(-c2cncc(NC(=O)C3CC3)c2)ccc1N. The van der Waals surface area contributed by atoms with Crippen LogP contribution in [0.2, 0.25) is 0 Å². The molecule has 0 atom stereocenters. The van der Waals surface area contributed by atoms with E-state index in [1.165, 1.54) is 0 Å². The summed E-state index contributed by atoms with van der Waals surface area (Å²) in [6.07, 6.45) is 5.77. The number of aryl methyl sites for hydroxylation is 1. The molecule has 172 valence electrons. The largest absolute Gasteiger partial charge is 0.454 e. The van der Waals surface area contributed by atoms with Crippen molar-refractivity contribution in [2.75, 3.05) is 17.8 Å². The molecule has 8 nitrogen and oxygen atoms in total. The third kappa shape index (κ3) is 4.61. The van der Waals surface area contributed by atoms with E-state index in [-0.39, 0.29) is 36.5 Å². The predicted octanol–water partition coefficient (Wildman–Crippen LogP) is 3.98. The van der Waals surface area contributed by atoms with Crippen LogP contribution in [0.3, 0.4) is 0 Å². The molecule has 5 rings (SSSR count). The van der Waals surface area contributed by atoms with Gasteiger partial charge in [0.25, 0.3) is 0 Å². The number of Topliss-reactive ketones (excluding diaryl/α,β-unsaturated/α-hetero) is 1. The van der Waals surface area contributed by atoms with E-state index < -0.39 is 0 Å². The number of rotatable bonds is 8. The molecule has 1 aliphatic carbocycles. The molecule has 1 amide bonds. The average Bonchev–Trinajstić information content (AvgIpc) is 3.60. The molecular formula is C26H24N4O4. The number of nitrogens with one attached hydrogen (secondary N) is 2. The number of carbonyl (C=O) groups is 2. The summed E-state index contributed by atoms with van der Waals surface area (Å²) in [6.45, 7) is 0.198. The number of aromatic nitrogens is 1. The minimum atomic E-state index is -0.301. The molecule has 34 heavy (non-hydrogen) atoms. The van der Waals surface area contributed by atoms with Crippen molar-refractivity contribution in [3.8, 4) is 22.6 Å². The summed E-state index contributed by atoms with van der Waals surface area (Å²) in [5.74, 6) is 1.16. The molecule has 1 aromatic heterocycles. The fourth-order valence-electron chi connectivity index (χ4n) is 3.84. The van der Waals surface area contributed by atoms with Crippen molar-refractivity contribution in [3.63, 3.8) is 0 Å². The fraction of sp³-hybridized carbons (Fsp3) is 0.231. The zero-order valence-electron chi connectivity index (χ0n) is 18.5. The lowest BCUT2D eigenvalue weighted by Crippen LogP contribution is -2.17. The maximum absolute atomic E-state index is 12.8. The number of hydrogen-bond donors (Lipinski definition) is 3. The number of ether oxygens (including phenoxy) is 2. The third-order valence-corrected chi connectivity index (χ3v) is 5.97. The molecule has 1 aliphatic heterocycles. The second kappa shape index (κ2) is 8.97. The number of fused-ring (bicyclic) bond motifs is 1. The van der Waals surface area contributed by atoms with E-state index in [2.05, 4.69) is 10.3 Å². The highest BCUT2D eigenvalue weighted by atomic mass is 16.7. The zero-order valence-corrected chi connectivity index (χ0v) is 18.5. The number of amides is 1. The third-order valence-electron chi connectivity index (χ3n) is 5.97. The number of benzene rings is 2. The topological polar surface area (TPSA) is 127 Å². The van der Waals surface area contributed by atoms with E-state index in [9.17, 15) is 9.59 Å². The maximum atomic E-state index is 12.8. The molecule has 1 fully saturated rings. The summed E-state index contributed by atoms with van der Waals surface area (Å²) in [7, 11) is 0. The number of nitrogen functional groups attached to an aromatic ring is 1. The Morgan fingerprint density at radius 3 is 2.68 bits per heavy atom. The number of carbonyl (C=O) groups excluding carboxylic acids is 2. The predicted molar refractivity (Wildman–Crippen MR) is 128 cm³/mol. The number of hydrogen-bond acceptors (Lipinski definition) is 7. The van der Waals surface area contributed by atoms with E-state index in [0.717, 1.165) is 29.5 Å². The first-order valence-electron chi connectivity index (χ1n) is 11.1. The van der Waals surface area contributed by atoms with Crippen LogP contribution in [0, 0.1) is 11.3 Å². The molecule has 0 saturated heterocycles. The Morgan fingerprint density at radius 2 is 1.85 bits per heavy atom. The van der Waals surface area contributed by atoms with Gasteiger partial charge in [-0.25, -0.2) is 0 Å². The standard InChI is InChI=1S/C26H24N4O4/c27-21-6-5-17(18-10-19(13-29-12-18)30-26(32)16-3-4-16)11-20(21)25(28)22(31)7-1-15-2-8-23-24(9-15)34-14-33-23/h2,5-6,8-13,16,28H,1,3-4,7,14,27H2,(H,30,32). The highest BCUT2D eigenvalue weighted by Crippen LogP contribution is 2.33. The van der Waals surface area contributed by atoms with Crippen LogP contribution in [0.25, 0.3) is 11.1 Å². The minimum absolute atomic E-state index is 0.00628. The summed E-state index contributed by atoms with van der Waals surface area (Å²) in [5.41, 5.74) is 9.78. The number of anilines is 2. The average molecular weight is 457 g/mol. The maximum Gasteiger partial charge on any atom is 0.231 e. The molecule has 0 spiro atoms. The Bertz CT molecular complexity index is 1300. The highest BCUT2D eigenvalue weighted by Gasteiger charge is 2.29. The second-order valence-electron chi connectivity index (χ2n) is 8.51. The minimum Gasteiger partial charge on any atom is -0.454 e. The van der Waals surface area contributed by atoms with Crippen molar-refractivity contribution >= 4 is 28.8 Å². The van der Waals surface area contributed by atoms with Crippen molar-refractivity contribution in [3.05, 3.63) is 66.0 Å². The summed E-state index contributed by atoms with van der Waals surface area (Å²) < 4.78 is 10.7. The van der Waals surface area contributed by atoms with Crippen LogP contribution in [0.5, 0.6) is 11.5 Å². The molecule has 0 unspecified atom stereocenters. The molecular weight excluding hydrogens is 432 g/mol. The van der Waals surface area contributed by atoms with Gasteiger partial charge in [-0.2, -0.15) is 0 Å². The van der Waals surface area contributed by atoms with Gasteiger partial charge in [0, 0.05) is 35.3 Å². The number of pyridine rings is 1.